The number of nitrogens with one attached hydrogen (secondary N) is 2. The number of rotatable bonds is 9. The van der Waals surface area contributed by atoms with Gasteiger partial charge in [0.1, 0.15) is 0 Å². The van der Waals surface area contributed by atoms with E-state index in [1.54, 1.807) is 30.3 Å². The second kappa shape index (κ2) is 11.0. The number of methoxy groups -OCH3 is 4. The molecule has 0 aliphatic heterocycles. The molecule has 0 heterocycles. The van der Waals surface area contributed by atoms with Crippen molar-refractivity contribution in [2.24, 2.45) is 0 Å². The molecule has 0 bridgehead atoms. The van der Waals surface area contributed by atoms with Crippen LogP contribution in [0.5, 0.6) is 28.7 Å². The molecule has 0 spiro atoms. The average molecular weight is 432 g/mol. The molecule has 168 valence electrons. The van der Waals surface area contributed by atoms with Crippen LogP contribution in [0.2, 0.25) is 0 Å². The Labute approximate surface area is 181 Å². The molecule has 31 heavy (non-hydrogen) atoms. The zero-order valence-corrected chi connectivity index (χ0v) is 18.5. The number of benzene rings is 2. The quantitative estimate of drug-likeness (QED) is 0.587. The van der Waals surface area contributed by atoms with Crippen LogP contribution in [0.1, 0.15) is 29.8 Å². The van der Waals surface area contributed by atoms with E-state index in [1.165, 1.54) is 28.4 Å². The van der Waals surface area contributed by atoms with Crippen molar-refractivity contribution in [3.63, 3.8) is 0 Å². The van der Waals surface area contributed by atoms with Crippen molar-refractivity contribution in [3.05, 3.63) is 41.5 Å². The first-order valence-electron chi connectivity index (χ1n) is 9.55. The molecule has 0 unspecified atom stereocenters. The maximum absolute atomic E-state index is 12.4. The van der Waals surface area contributed by atoms with Gasteiger partial charge in [-0.3, -0.25) is 20.4 Å². The number of ether oxygens (including phenoxy) is 5. The first-order valence-corrected chi connectivity index (χ1v) is 9.55. The number of amides is 2. The van der Waals surface area contributed by atoms with E-state index in [0.29, 0.717) is 39.9 Å². The van der Waals surface area contributed by atoms with Gasteiger partial charge in [-0.25, -0.2) is 0 Å². The minimum atomic E-state index is -0.493. The largest absolute Gasteiger partial charge is 0.493 e. The minimum absolute atomic E-state index is 0.0124. The Hall–Kier alpha value is -3.62. The SMILES string of the molecule is COc1cc(C(=O)NNC(=O)Cc2cc(OC)c(OC)c(OC)c2)ccc1OC(C)C. The molecule has 0 saturated carbocycles. The maximum Gasteiger partial charge on any atom is 0.269 e. The van der Waals surface area contributed by atoms with Crippen LogP contribution in [0.25, 0.3) is 0 Å². The van der Waals surface area contributed by atoms with Gasteiger partial charge in [-0.05, 0) is 49.7 Å². The fraction of sp³-hybridized carbons (Fsp3) is 0.364. The Morgan fingerprint density at radius 3 is 1.94 bits per heavy atom. The van der Waals surface area contributed by atoms with Gasteiger partial charge < -0.3 is 23.7 Å². The summed E-state index contributed by atoms with van der Waals surface area (Å²) in [5.74, 6) is 1.34. The van der Waals surface area contributed by atoms with Crippen LogP contribution in [0.3, 0.4) is 0 Å². The lowest BCUT2D eigenvalue weighted by molar-refractivity contribution is -0.121. The van der Waals surface area contributed by atoms with Crippen LogP contribution in [-0.2, 0) is 11.2 Å². The van der Waals surface area contributed by atoms with Gasteiger partial charge in [0.15, 0.2) is 23.0 Å². The monoisotopic (exact) mass is 432 g/mol. The number of carbonyl (C=O) groups is 2. The third kappa shape index (κ3) is 6.18. The summed E-state index contributed by atoms with van der Waals surface area (Å²) in [4.78, 5) is 24.7. The fourth-order valence-corrected chi connectivity index (χ4v) is 2.83. The number of hydrazine groups is 1. The standard InChI is InChI=1S/C22H28N2O7/c1-13(2)31-16-8-7-15(12-17(16)27-3)22(26)24-23-20(25)11-14-9-18(28-4)21(30-6)19(10-14)29-5/h7-10,12-13H,11H2,1-6H3,(H,23,25)(H,24,26). The summed E-state index contributed by atoms with van der Waals surface area (Å²) in [7, 11) is 5.97. The van der Waals surface area contributed by atoms with E-state index in [0.717, 1.165) is 0 Å². The molecule has 0 aliphatic rings. The van der Waals surface area contributed by atoms with E-state index in [-0.39, 0.29) is 12.5 Å². The Bertz CT molecular complexity index is 903. The van der Waals surface area contributed by atoms with Gasteiger partial charge in [0.05, 0.1) is 41.0 Å². The highest BCUT2D eigenvalue weighted by Crippen LogP contribution is 2.38. The van der Waals surface area contributed by atoms with Crippen LogP contribution in [0.4, 0.5) is 0 Å². The van der Waals surface area contributed by atoms with Crippen molar-refractivity contribution in [1.29, 1.82) is 0 Å². The van der Waals surface area contributed by atoms with E-state index in [2.05, 4.69) is 10.9 Å². The lowest BCUT2D eigenvalue weighted by Crippen LogP contribution is -2.42. The van der Waals surface area contributed by atoms with Crippen LogP contribution >= 0.6 is 0 Å². The topological polar surface area (TPSA) is 104 Å². The summed E-state index contributed by atoms with van der Waals surface area (Å²) >= 11 is 0. The Balaban J connectivity index is 2.04. The molecule has 2 aromatic rings. The number of carbonyl (C=O) groups excluding carboxylic acids is 2. The summed E-state index contributed by atoms with van der Waals surface area (Å²) in [5.41, 5.74) is 5.71. The van der Waals surface area contributed by atoms with Gasteiger partial charge in [-0.2, -0.15) is 0 Å². The number of hydrogen-bond acceptors (Lipinski definition) is 7. The molecule has 2 N–H and O–H groups in total. The Morgan fingerprint density at radius 2 is 1.42 bits per heavy atom. The Morgan fingerprint density at radius 1 is 0.806 bits per heavy atom. The fourth-order valence-electron chi connectivity index (χ4n) is 2.83. The summed E-state index contributed by atoms with van der Waals surface area (Å²) in [5, 5.41) is 0. The minimum Gasteiger partial charge on any atom is -0.493 e. The molecule has 0 fully saturated rings. The van der Waals surface area contributed by atoms with Crippen molar-refractivity contribution < 1.29 is 33.3 Å². The molecular weight excluding hydrogens is 404 g/mol. The maximum atomic E-state index is 12.4. The molecule has 0 aromatic heterocycles. The Kier molecular flexibility index (Phi) is 8.36. The van der Waals surface area contributed by atoms with E-state index < -0.39 is 11.8 Å². The van der Waals surface area contributed by atoms with Gasteiger partial charge in [-0.15, -0.1) is 0 Å². The van der Waals surface area contributed by atoms with E-state index in [4.69, 9.17) is 23.7 Å². The average Bonchev–Trinajstić information content (AvgIpc) is 2.76. The first-order chi connectivity index (χ1) is 14.8. The summed E-state index contributed by atoms with van der Waals surface area (Å²) < 4.78 is 26.7. The van der Waals surface area contributed by atoms with Crippen molar-refractivity contribution in [2.45, 2.75) is 26.4 Å². The van der Waals surface area contributed by atoms with E-state index in [9.17, 15) is 9.59 Å². The van der Waals surface area contributed by atoms with Gasteiger partial charge >= 0.3 is 0 Å². The van der Waals surface area contributed by atoms with Crippen molar-refractivity contribution in [1.82, 2.24) is 10.9 Å². The van der Waals surface area contributed by atoms with Gasteiger partial charge in [0.2, 0.25) is 11.7 Å². The highest BCUT2D eigenvalue weighted by atomic mass is 16.5. The summed E-state index contributed by atoms with van der Waals surface area (Å²) in [6.07, 6.45) is -0.0512. The molecule has 9 heteroatoms. The van der Waals surface area contributed by atoms with Crippen LogP contribution in [-0.4, -0.2) is 46.4 Å². The van der Waals surface area contributed by atoms with Crippen LogP contribution in [0, 0.1) is 0 Å². The molecule has 0 saturated heterocycles. The van der Waals surface area contributed by atoms with Gasteiger partial charge in [-0.1, -0.05) is 0 Å². The molecule has 0 atom stereocenters. The molecule has 2 rings (SSSR count). The third-order valence-corrected chi connectivity index (χ3v) is 4.19. The third-order valence-electron chi connectivity index (χ3n) is 4.19. The molecule has 0 aliphatic carbocycles. The van der Waals surface area contributed by atoms with Crippen molar-refractivity contribution >= 4 is 11.8 Å². The molecule has 2 aromatic carbocycles. The van der Waals surface area contributed by atoms with Crippen molar-refractivity contribution in [3.8, 4) is 28.7 Å². The van der Waals surface area contributed by atoms with E-state index in [1.807, 2.05) is 13.8 Å². The van der Waals surface area contributed by atoms with Gasteiger partial charge in [0, 0.05) is 5.56 Å². The smallest absolute Gasteiger partial charge is 0.269 e. The predicted octanol–water partition coefficient (Wildman–Crippen LogP) is 2.51. The highest BCUT2D eigenvalue weighted by molar-refractivity contribution is 5.96. The van der Waals surface area contributed by atoms with Crippen LogP contribution < -0.4 is 34.5 Å². The molecular formula is C22H28N2O7. The zero-order valence-electron chi connectivity index (χ0n) is 18.5. The van der Waals surface area contributed by atoms with Crippen molar-refractivity contribution in [2.75, 3.05) is 28.4 Å². The van der Waals surface area contributed by atoms with Gasteiger partial charge in [0.25, 0.3) is 5.91 Å². The number of hydrogen-bond donors (Lipinski definition) is 2. The lowest BCUT2D eigenvalue weighted by Gasteiger charge is -2.15. The summed E-state index contributed by atoms with van der Waals surface area (Å²) in [6, 6.07) is 8.10. The highest BCUT2D eigenvalue weighted by Gasteiger charge is 2.16. The second-order valence-electron chi connectivity index (χ2n) is 6.74. The molecule has 0 radical (unpaired) electrons. The predicted molar refractivity (Wildman–Crippen MR) is 114 cm³/mol. The zero-order chi connectivity index (χ0) is 23.0. The molecule has 9 nitrogen and oxygen atoms in total. The second-order valence-corrected chi connectivity index (χ2v) is 6.74. The first kappa shape index (κ1) is 23.7. The van der Waals surface area contributed by atoms with E-state index >= 15 is 0 Å². The van der Waals surface area contributed by atoms with Crippen LogP contribution in [0.15, 0.2) is 30.3 Å². The lowest BCUT2D eigenvalue weighted by atomic mass is 10.1. The summed E-state index contributed by atoms with van der Waals surface area (Å²) in [6.45, 7) is 3.78. The molecule has 2 amide bonds. The normalized spacial score (nSPS) is 10.3.